The summed E-state index contributed by atoms with van der Waals surface area (Å²) in [6.45, 7) is 7.74. The highest BCUT2D eigenvalue weighted by atomic mass is 16.5. The molecule has 0 spiro atoms. The topological polar surface area (TPSA) is 56.3 Å². The Morgan fingerprint density at radius 2 is 1.60 bits per heavy atom. The van der Waals surface area contributed by atoms with E-state index in [-0.39, 0.29) is 0 Å². The molecule has 0 bridgehead atoms. The van der Waals surface area contributed by atoms with Gasteiger partial charge in [-0.2, -0.15) is 9.97 Å². The summed E-state index contributed by atoms with van der Waals surface area (Å²) in [5.74, 6) is 1.08. The Balaban J connectivity index is 2.97. The summed E-state index contributed by atoms with van der Waals surface area (Å²) >= 11 is 0. The van der Waals surface area contributed by atoms with Crippen molar-refractivity contribution < 1.29 is 9.47 Å². The lowest BCUT2D eigenvalue weighted by Gasteiger charge is -2.13. The fraction of sp³-hybridized carbons (Fsp3) is 0.600. The van der Waals surface area contributed by atoms with Crippen molar-refractivity contribution in [3.8, 4) is 11.8 Å². The van der Waals surface area contributed by atoms with Crippen molar-refractivity contribution >= 4 is 5.69 Å². The second-order valence-electron chi connectivity index (χ2n) is 2.76. The van der Waals surface area contributed by atoms with Gasteiger partial charge in [0.15, 0.2) is 5.69 Å². The van der Waals surface area contributed by atoms with Gasteiger partial charge in [-0.25, -0.2) is 0 Å². The first kappa shape index (κ1) is 11.6. The molecule has 5 nitrogen and oxygen atoms in total. The Bertz CT molecular complexity index is 280. The maximum atomic E-state index is 5.38. The molecule has 15 heavy (non-hydrogen) atoms. The molecule has 1 aromatic heterocycles. The van der Waals surface area contributed by atoms with Gasteiger partial charge < -0.3 is 14.8 Å². The summed E-state index contributed by atoms with van der Waals surface area (Å²) in [6.07, 6.45) is 1.44. The number of anilines is 1. The van der Waals surface area contributed by atoms with Crippen molar-refractivity contribution in [2.75, 3.05) is 25.1 Å². The monoisotopic (exact) mass is 211 g/mol. The number of nitrogens with zero attached hydrogens (tertiary/aromatic N) is 2. The number of aromatic nitrogens is 2. The first-order chi connectivity index (χ1) is 7.33. The van der Waals surface area contributed by atoms with E-state index in [1.165, 1.54) is 6.33 Å². The van der Waals surface area contributed by atoms with Crippen molar-refractivity contribution in [3.63, 3.8) is 0 Å². The van der Waals surface area contributed by atoms with Gasteiger partial charge in [0.1, 0.15) is 6.33 Å². The van der Waals surface area contributed by atoms with Crippen LogP contribution < -0.4 is 14.8 Å². The zero-order valence-corrected chi connectivity index (χ0v) is 9.41. The molecule has 0 aliphatic rings. The molecule has 5 heteroatoms. The number of hydrogen-bond acceptors (Lipinski definition) is 5. The smallest absolute Gasteiger partial charge is 0.244 e. The molecule has 0 saturated heterocycles. The second-order valence-corrected chi connectivity index (χ2v) is 2.76. The fourth-order valence-electron chi connectivity index (χ4n) is 1.17. The van der Waals surface area contributed by atoms with Gasteiger partial charge in [-0.05, 0) is 20.8 Å². The number of rotatable bonds is 6. The standard InChI is InChI=1S/C10H17N3O2/c1-4-11-8-9(14-5-2)12-7-13-10(8)15-6-3/h7,11H,4-6H2,1-3H3. The first-order valence-electron chi connectivity index (χ1n) is 5.17. The van der Waals surface area contributed by atoms with Crippen LogP contribution in [0.3, 0.4) is 0 Å². The van der Waals surface area contributed by atoms with Gasteiger partial charge in [0, 0.05) is 6.54 Å². The van der Waals surface area contributed by atoms with Gasteiger partial charge in [-0.3, -0.25) is 0 Å². The van der Waals surface area contributed by atoms with Crippen molar-refractivity contribution in [2.24, 2.45) is 0 Å². The number of ether oxygens (including phenoxy) is 2. The van der Waals surface area contributed by atoms with Crippen LogP contribution in [0.2, 0.25) is 0 Å². The van der Waals surface area contributed by atoms with Crippen LogP contribution in [0.15, 0.2) is 6.33 Å². The normalized spacial score (nSPS) is 9.80. The molecule has 1 rings (SSSR count). The van der Waals surface area contributed by atoms with Crippen molar-refractivity contribution in [3.05, 3.63) is 6.33 Å². The lowest BCUT2D eigenvalue weighted by molar-refractivity contribution is 0.308. The minimum Gasteiger partial charge on any atom is -0.476 e. The van der Waals surface area contributed by atoms with Gasteiger partial charge >= 0.3 is 0 Å². The predicted molar refractivity (Wildman–Crippen MR) is 58.5 cm³/mol. The van der Waals surface area contributed by atoms with Gasteiger partial charge in [0.25, 0.3) is 0 Å². The minimum atomic E-state index is 0.540. The van der Waals surface area contributed by atoms with Crippen LogP contribution >= 0.6 is 0 Å². The van der Waals surface area contributed by atoms with E-state index in [4.69, 9.17) is 9.47 Å². The summed E-state index contributed by atoms with van der Waals surface area (Å²) in [5.41, 5.74) is 0.726. The average Bonchev–Trinajstić information content (AvgIpc) is 2.23. The van der Waals surface area contributed by atoms with Crippen molar-refractivity contribution in [2.45, 2.75) is 20.8 Å². The zero-order valence-electron chi connectivity index (χ0n) is 9.41. The van der Waals surface area contributed by atoms with Crippen LogP contribution in [0.1, 0.15) is 20.8 Å². The second kappa shape index (κ2) is 6.06. The molecular weight excluding hydrogens is 194 g/mol. The largest absolute Gasteiger partial charge is 0.476 e. The van der Waals surface area contributed by atoms with Crippen LogP contribution in [-0.2, 0) is 0 Å². The molecule has 84 valence electrons. The third-order valence-corrected chi connectivity index (χ3v) is 1.69. The Morgan fingerprint density at radius 1 is 1.07 bits per heavy atom. The Kier molecular flexibility index (Phi) is 4.66. The van der Waals surface area contributed by atoms with Crippen LogP contribution in [0.5, 0.6) is 11.8 Å². The van der Waals surface area contributed by atoms with Crippen LogP contribution in [0, 0.1) is 0 Å². The van der Waals surface area contributed by atoms with Gasteiger partial charge in [0.05, 0.1) is 13.2 Å². The van der Waals surface area contributed by atoms with Crippen molar-refractivity contribution in [1.82, 2.24) is 9.97 Å². The molecule has 0 atom stereocenters. The SMILES string of the molecule is CCNc1c(OCC)ncnc1OCC. The van der Waals surface area contributed by atoms with Gasteiger partial charge in [0.2, 0.25) is 11.8 Å². The molecule has 0 unspecified atom stereocenters. The van der Waals surface area contributed by atoms with Crippen LogP contribution in [-0.4, -0.2) is 29.7 Å². The van der Waals surface area contributed by atoms with E-state index in [1.54, 1.807) is 0 Å². The lowest BCUT2D eigenvalue weighted by Crippen LogP contribution is -2.07. The van der Waals surface area contributed by atoms with Gasteiger partial charge in [-0.1, -0.05) is 0 Å². The molecule has 0 amide bonds. The Morgan fingerprint density at radius 3 is 2.00 bits per heavy atom. The maximum Gasteiger partial charge on any atom is 0.244 e. The van der Waals surface area contributed by atoms with E-state index in [1.807, 2.05) is 20.8 Å². The average molecular weight is 211 g/mol. The summed E-state index contributed by atoms with van der Waals surface area (Å²) in [5, 5.41) is 3.14. The van der Waals surface area contributed by atoms with E-state index in [0.717, 1.165) is 12.2 Å². The van der Waals surface area contributed by atoms with E-state index in [0.29, 0.717) is 25.0 Å². The number of nitrogens with one attached hydrogen (secondary N) is 1. The van der Waals surface area contributed by atoms with E-state index in [2.05, 4.69) is 15.3 Å². The Labute approximate surface area is 89.8 Å². The first-order valence-corrected chi connectivity index (χ1v) is 5.17. The van der Waals surface area contributed by atoms with E-state index in [9.17, 15) is 0 Å². The minimum absolute atomic E-state index is 0.540. The van der Waals surface area contributed by atoms with Gasteiger partial charge in [-0.15, -0.1) is 0 Å². The molecule has 0 radical (unpaired) electrons. The van der Waals surface area contributed by atoms with Crippen molar-refractivity contribution in [1.29, 1.82) is 0 Å². The highest BCUT2D eigenvalue weighted by Crippen LogP contribution is 2.29. The third kappa shape index (κ3) is 2.97. The molecule has 1 aromatic rings. The molecule has 1 N–H and O–H groups in total. The van der Waals surface area contributed by atoms with E-state index < -0.39 is 0 Å². The lowest BCUT2D eigenvalue weighted by atomic mass is 10.4. The summed E-state index contributed by atoms with van der Waals surface area (Å²) in [6, 6.07) is 0. The maximum absolute atomic E-state index is 5.38. The molecule has 0 aliphatic carbocycles. The summed E-state index contributed by atoms with van der Waals surface area (Å²) in [7, 11) is 0. The fourth-order valence-corrected chi connectivity index (χ4v) is 1.17. The molecule has 0 fully saturated rings. The summed E-state index contributed by atoms with van der Waals surface area (Å²) in [4.78, 5) is 8.11. The predicted octanol–water partition coefficient (Wildman–Crippen LogP) is 1.71. The third-order valence-electron chi connectivity index (χ3n) is 1.69. The zero-order chi connectivity index (χ0) is 11.1. The number of hydrogen-bond donors (Lipinski definition) is 1. The summed E-state index contributed by atoms with van der Waals surface area (Å²) < 4.78 is 10.8. The molecule has 0 aliphatic heterocycles. The quantitative estimate of drug-likeness (QED) is 0.776. The van der Waals surface area contributed by atoms with Crippen LogP contribution in [0.4, 0.5) is 5.69 Å². The highest BCUT2D eigenvalue weighted by molar-refractivity contribution is 5.59. The molecule has 0 saturated carbocycles. The highest BCUT2D eigenvalue weighted by Gasteiger charge is 2.12. The van der Waals surface area contributed by atoms with Crippen LogP contribution in [0.25, 0.3) is 0 Å². The molecule has 1 heterocycles. The molecular formula is C10H17N3O2. The van der Waals surface area contributed by atoms with E-state index >= 15 is 0 Å². The molecule has 0 aromatic carbocycles. The Hall–Kier alpha value is -1.52.